The number of nitrogens with one attached hydrogen (secondary N) is 1. The van der Waals surface area contributed by atoms with Crippen LogP contribution in [-0.2, 0) is 4.79 Å². The molecule has 2 N–H and O–H groups in total. The van der Waals surface area contributed by atoms with Crippen molar-refractivity contribution in [3.05, 3.63) is 29.3 Å². The van der Waals surface area contributed by atoms with Gasteiger partial charge in [0, 0.05) is 18.4 Å². The Morgan fingerprint density at radius 3 is 2.82 bits per heavy atom. The Balaban J connectivity index is 1.96. The molecule has 1 spiro atoms. The predicted molar refractivity (Wildman–Crippen MR) is 84.7 cm³/mol. The fourth-order valence-electron chi connectivity index (χ4n) is 3.70. The maximum Gasteiger partial charge on any atom is 0.220 e. The van der Waals surface area contributed by atoms with E-state index >= 15 is 0 Å². The van der Waals surface area contributed by atoms with E-state index in [0.717, 1.165) is 36.1 Å². The molecule has 3 rings (SSSR count). The molecule has 1 aliphatic heterocycles. The van der Waals surface area contributed by atoms with Crippen LogP contribution in [0.2, 0.25) is 0 Å². The third kappa shape index (κ3) is 2.84. The highest BCUT2D eigenvalue weighted by Crippen LogP contribution is 2.47. The number of fused-ring (bicyclic) bond motifs is 1. The second-order valence-electron chi connectivity index (χ2n) is 6.64. The summed E-state index contributed by atoms with van der Waals surface area (Å²) in [5.41, 5.74) is 1.74. The molecule has 1 saturated carbocycles. The van der Waals surface area contributed by atoms with Crippen molar-refractivity contribution in [1.82, 2.24) is 5.32 Å². The first-order chi connectivity index (χ1) is 10.5. The number of amides is 1. The smallest absolute Gasteiger partial charge is 0.220 e. The van der Waals surface area contributed by atoms with E-state index in [0.29, 0.717) is 6.42 Å². The van der Waals surface area contributed by atoms with Gasteiger partial charge in [-0.05, 0) is 50.3 Å². The summed E-state index contributed by atoms with van der Waals surface area (Å²) in [7, 11) is 0. The van der Waals surface area contributed by atoms with Crippen molar-refractivity contribution in [3.8, 4) is 5.75 Å². The average Bonchev–Trinajstić information content (AvgIpc) is 2.94. The quantitative estimate of drug-likeness (QED) is 0.899. The number of carbonyl (C=O) groups is 1. The molecule has 0 bridgehead atoms. The molecule has 2 atom stereocenters. The van der Waals surface area contributed by atoms with Crippen LogP contribution in [0.4, 0.5) is 0 Å². The summed E-state index contributed by atoms with van der Waals surface area (Å²) in [4.78, 5) is 11.9. The lowest BCUT2D eigenvalue weighted by Crippen LogP contribution is -2.43. The van der Waals surface area contributed by atoms with Gasteiger partial charge in [0.25, 0.3) is 0 Å². The Kier molecular flexibility index (Phi) is 4.13. The van der Waals surface area contributed by atoms with Crippen molar-refractivity contribution < 1.29 is 14.6 Å². The van der Waals surface area contributed by atoms with Gasteiger partial charge in [-0.25, -0.2) is 0 Å². The molecule has 1 aliphatic carbocycles. The highest BCUT2D eigenvalue weighted by molar-refractivity contribution is 5.76. The van der Waals surface area contributed by atoms with Gasteiger partial charge in [-0.2, -0.15) is 0 Å². The van der Waals surface area contributed by atoms with Crippen molar-refractivity contribution in [2.24, 2.45) is 0 Å². The molecule has 0 aromatic heterocycles. The molecule has 1 aromatic carbocycles. The second kappa shape index (κ2) is 5.92. The number of aliphatic hydroxyl groups is 1. The molecule has 0 radical (unpaired) electrons. The third-order valence-corrected chi connectivity index (χ3v) is 4.97. The Labute approximate surface area is 131 Å². The number of rotatable bonds is 3. The lowest BCUT2D eigenvalue weighted by Gasteiger charge is -2.40. The normalized spacial score (nSPS) is 23.7. The van der Waals surface area contributed by atoms with Crippen LogP contribution in [0.5, 0.6) is 5.75 Å². The summed E-state index contributed by atoms with van der Waals surface area (Å²) in [5, 5.41) is 13.0. The van der Waals surface area contributed by atoms with Gasteiger partial charge in [-0.3, -0.25) is 4.79 Å². The molecule has 4 nitrogen and oxygen atoms in total. The van der Waals surface area contributed by atoms with Crippen molar-refractivity contribution in [2.45, 2.75) is 70.1 Å². The largest absolute Gasteiger partial charge is 0.487 e. The SMILES string of the molecule is CCC(=O)NC1CC2(CCCC2)Oc2ccc(C(C)O)cc21. The van der Waals surface area contributed by atoms with Crippen molar-refractivity contribution >= 4 is 5.91 Å². The minimum absolute atomic E-state index is 0.0204. The first-order valence-corrected chi connectivity index (χ1v) is 8.33. The van der Waals surface area contributed by atoms with Crippen LogP contribution in [0.25, 0.3) is 0 Å². The van der Waals surface area contributed by atoms with Gasteiger partial charge in [0.2, 0.25) is 5.91 Å². The number of aliphatic hydroxyl groups excluding tert-OH is 1. The van der Waals surface area contributed by atoms with Gasteiger partial charge in [0.05, 0.1) is 12.1 Å². The Morgan fingerprint density at radius 2 is 2.18 bits per heavy atom. The molecule has 1 amide bonds. The number of benzene rings is 1. The molecule has 120 valence electrons. The van der Waals surface area contributed by atoms with Gasteiger partial charge >= 0.3 is 0 Å². The molecule has 1 heterocycles. The van der Waals surface area contributed by atoms with Crippen LogP contribution in [0.1, 0.15) is 75.6 Å². The van der Waals surface area contributed by atoms with E-state index in [4.69, 9.17) is 4.74 Å². The first-order valence-electron chi connectivity index (χ1n) is 8.33. The summed E-state index contributed by atoms with van der Waals surface area (Å²) < 4.78 is 6.33. The van der Waals surface area contributed by atoms with Crippen LogP contribution in [-0.4, -0.2) is 16.6 Å². The zero-order valence-corrected chi connectivity index (χ0v) is 13.4. The van der Waals surface area contributed by atoms with E-state index in [-0.39, 0.29) is 17.6 Å². The van der Waals surface area contributed by atoms with Crippen LogP contribution < -0.4 is 10.1 Å². The molecule has 22 heavy (non-hydrogen) atoms. The summed E-state index contributed by atoms with van der Waals surface area (Å²) in [5.74, 6) is 0.924. The molecular weight excluding hydrogens is 278 g/mol. The number of hydrogen-bond acceptors (Lipinski definition) is 3. The fourth-order valence-corrected chi connectivity index (χ4v) is 3.70. The number of carbonyl (C=O) groups excluding carboxylic acids is 1. The topological polar surface area (TPSA) is 58.6 Å². The first kappa shape index (κ1) is 15.3. The van der Waals surface area contributed by atoms with E-state index in [1.54, 1.807) is 6.92 Å². The number of ether oxygens (including phenoxy) is 1. The summed E-state index contributed by atoms with van der Waals surface area (Å²) in [6.45, 7) is 3.62. The minimum Gasteiger partial charge on any atom is -0.487 e. The lowest BCUT2D eigenvalue weighted by atomic mass is 9.85. The predicted octanol–water partition coefficient (Wildman–Crippen LogP) is 3.40. The molecule has 1 fully saturated rings. The van der Waals surface area contributed by atoms with Crippen molar-refractivity contribution in [1.29, 1.82) is 0 Å². The van der Waals surface area contributed by atoms with Crippen LogP contribution in [0.15, 0.2) is 18.2 Å². The lowest BCUT2D eigenvalue weighted by molar-refractivity contribution is -0.122. The van der Waals surface area contributed by atoms with Gasteiger partial charge in [0.1, 0.15) is 11.4 Å². The zero-order valence-electron chi connectivity index (χ0n) is 13.4. The third-order valence-electron chi connectivity index (χ3n) is 4.97. The molecular formula is C18H25NO3. The standard InChI is InChI=1S/C18H25NO3/c1-3-17(21)19-15-11-18(8-4-5-9-18)22-16-7-6-13(12(2)20)10-14(15)16/h6-7,10,12,15,20H,3-5,8-9,11H2,1-2H3,(H,19,21). The maximum atomic E-state index is 11.9. The second-order valence-corrected chi connectivity index (χ2v) is 6.64. The minimum atomic E-state index is -0.518. The maximum absolute atomic E-state index is 11.9. The number of hydrogen-bond donors (Lipinski definition) is 2. The van der Waals surface area contributed by atoms with E-state index in [9.17, 15) is 9.90 Å². The average molecular weight is 303 g/mol. The fraction of sp³-hybridized carbons (Fsp3) is 0.611. The molecule has 1 aromatic rings. The molecule has 4 heteroatoms. The molecule has 0 saturated heterocycles. The zero-order chi connectivity index (χ0) is 15.7. The Bertz CT molecular complexity index is 561. The van der Waals surface area contributed by atoms with Crippen molar-refractivity contribution in [2.75, 3.05) is 0 Å². The van der Waals surface area contributed by atoms with Crippen molar-refractivity contribution in [3.63, 3.8) is 0 Å². The molecule has 2 unspecified atom stereocenters. The van der Waals surface area contributed by atoms with E-state index < -0.39 is 6.10 Å². The van der Waals surface area contributed by atoms with Crippen LogP contribution in [0.3, 0.4) is 0 Å². The van der Waals surface area contributed by atoms with Crippen LogP contribution in [0, 0.1) is 0 Å². The highest BCUT2D eigenvalue weighted by atomic mass is 16.5. The Morgan fingerprint density at radius 1 is 1.45 bits per heavy atom. The summed E-state index contributed by atoms with van der Waals surface area (Å²) in [6.07, 6.45) is 5.29. The van der Waals surface area contributed by atoms with Gasteiger partial charge in [0.15, 0.2) is 0 Å². The summed E-state index contributed by atoms with van der Waals surface area (Å²) >= 11 is 0. The Hall–Kier alpha value is -1.55. The van der Waals surface area contributed by atoms with Gasteiger partial charge < -0.3 is 15.2 Å². The van der Waals surface area contributed by atoms with Gasteiger partial charge in [-0.15, -0.1) is 0 Å². The van der Waals surface area contributed by atoms with Crippen LogP contribution >= 0.6 is 0 Å². The van der Waals surface area contributed by atoms with E-state index in [2.05, 4.69) is 5.32 Å². The molecule has 2 aliphatic rings. The van der Waals surface area contributed by atoms with E-state index in [1.165, 1.54) is 12.8 Å². The summed E-state index contributed by atoms with van der Waals surface area (Å²) in [6, 6.07) is 5.81. The highest BCUT2D eigenvalue weighted by Gasteiger charge is 2.43. The van der Waals surface area contributed by atoms with E-state index in [1.807, 2.05) is 25.1 Å². The van der Waals surface area contributed by atoms with Gasteiger partial charge in [-0.1, -0.05) is 13.0 Å². The monoisotopic (exact) mass is 303 g/mol.